The minimum atomic E-state index is -0.338. The summed E-state index contributed by atoms with van der Waals surface area (Å²) < 4.78 is 24.0. The molecular weight excluding hydrogens is 401 g/mol. The van der Waals surface area contributed by atoms with Crippen molar-refractivity contribution in [1.82, 2.24) is 10.2 Å². The number of benzene rings is 1. The molecule has 1 unspecified atom stereocenters. The highest BCUT2D eigenvalue weighted by molar-refractivity contribution is 5.92. The zero-order chi connectivity index (χ0) is 19.9. The first-order valence-electron chi connectivity index (χ1n) is 9.31. The standard InChI is InChI=1S/C20H24FN3O4.ClH/c21-15-3-5-16(6-4-15)27-13-17-7-8-18(28-17)20(26)24-11-1-2-14(12-24)19(25)23-10-9-22;/h3-8,14H,1-2,9-13,22H2,(H,23,25);1H. The third-order valence-corrected chi connectivity index (χ3v) is 4.59. The van der Waals surface area contributed by atoms with Crippen molar-refractivity contribution in [3.63, 3.8) is 0 Å². The molecule has 1 atom stereocenters. The third kappa shape index (κ3) is 6.20. The van der Waals surface area contributed by atoms with Gasteiger partial charge in [0.15, 0.2) is 5.76 Å². The highest BCUT2D eigenvalue weighted by Gasteiger charge is 2.30. The fourth-order valence-electron chi connectivity index (χ4n) is 3.13. The van der Waals surface area contributed by atoms with E-state index in [2.05, 4.69) is 5.32 Å². The number of carbonyl (C=O) groups excluding carboxylic acids is 2. The molecule has 1 fully saturated rings. The number of amides is 2. The normalized spacial score (nSPS) is 16.1. The van der Waals surface area contributed by atoms with Gasteiger partial charge >= 0.3 is 0 Å². The van der Waals surface area contributed by atoms with Crippen LogP contribution < -0.4 is 15.8 Å². The van der Waals surface area contributed by atoms with Crippen molar-refractivity contribution in [3.05, 3.63) is 53.7 Å². The van der Waals surface area contributed by atoms with E-state index in [0.717, 1.165) is 12.8 Å². The predicted octanol–water partition coefficient (Wildman–Crippen LogP) is 2.35. The summed E-state index contributed by atoms with van der Waals surface area (Å²) in [6, 6.07) is 8.93. The molecule has 0 aliphatic carbocycles. The number of nitrogens with two attached hydrogens (primary N) is 1. The lowest BCUT2D eigenvalue weighted by molar-refractivity contribution is -0.126. The number of hydrogen-bond donors (Lipinski definition) is 2. The van der Waals surface area contributed by atoms with Gasteiger partial charge in [-0.2, -0.15) is 0 Å². The molecule has 1 aromatic carbocycles. The SMILES string of the molecule is Cl.NCCNC(=O)C1CCCN(C(=O)c2ccc(COc3ccc(F)cc3)o2)C1. The van der Waals surface area contributed by atoms with E-state index in [1.54, 1.807) is 17.0 Å². The molecule has 1 saturated heterocycles. The largest absolute Gasteiger partial charge is 0.486 e. The number of nitrogens with one attached hydrogen (secondary N) is 1. The fraction of sp³-hybridized carbons (Fsp3) is 0.400. The molecule has 1 aliphatic rings. The number of hydrogen-bond acceptors (Lipinski definition) is 5. The lowest BCUT2D eigenvalue weighted by atomic mass is 9.97. The Balaban J connectivity index is 0.00000300. The number of furan rings is 1. The van der Waals surface area contributed by atoms with Gasteiger partial charge in [-0.25, -0.2) is 4.39 Å². The summed E-state index contributed by atoms with van der Waals surface area (Å²) in [5, 5.41) is 2.78. The van der Waals surface area contributed by atoms with Crippen LogP contribution in [0.4, 0.5) is 4.39 Å². The second-order valence-electron chi connectivity index (χ2n) is 6.68. The van der Waals surface area contributed by atoms with Crippen molar-refractivity contribution in [3.8, 4) is 5.75 Å². The highest BCUT2D eigenvalue weighted by atomic mass is 35.5. The minimum Gasteiger partial charge on any atom is -0.486 e. The van der Waals surface area contributed by atoms with Crippen LogP contribution in [0.1, 0.15) is 29.2 Å². The van der Waals surface area contributed by atoms with Crippen LogP contribution in [0.25, 0.3) is 0 Å². The van der Waals surface area contributed by atoms with Gasteiger partial charge < -0.3 is 25.1 Å². The van der Waals surface area contributed by atoms with E-state index < -0.39 is 0 Å². The van der Waals surface area contributed by atoms with Gasteiger partial charge in [0.1, 0.15) is 23.9 Å². The number of likely N-dealkylation sites (tertiary alicyclic amines) is 1. The smallest absolute Gasteiger partial charge is 0.289 e. The van der Waals surface area contributed by atoms with Gasteiger partial charge in [0.25, 0.3) is 5.91 Å². The Morgan fingerprint density at radius 1 is 1.24 bits per heavy atom. The maximum atomic E-state index is 12.9. The summed E-state index contributed by atoms with van der Waals surface area (Å²) in [5.74, 6) is 0.311. The van der Waals surface area contributed by atoms with Gasteiger partial charge in [-0.1, -0.05) is 0 Å². The van der Waals surface area contributed by atoms with Crippen LogP contribution in [-0.4, -0.2) is 42.9 Å². The number of carbonyl (C=O) groups is 2. The first kappa shape index (κ1) is 22.7. The Kier molecular flexibility index (Phi) is 8.48. The zero-order valence-electron chi connectivity index (χ0n) is 15.9. The molecule has 2 amide bonds. The Bertz CT molecular complexity index is 812. The Morgan fingerprint density at radius 2 is 2.00 bits per heavy atom. The maximum absolute atomic E-state index is 12.9. The molecule has 3 rings (SSSR count). The zero-order valence-corrected chi connectivity index (χ0v) is 16.8. The molecule has 158 valence electrons. The lowest BCUT2D eigenvalue weighted by Gasteiger charge is -2.31. The van der Waals surface area contributed by atoms with Crippen LogP contribution in [0.5, 0.6) is 5.75 Å². The van der Waals surface area contributed by atoms with E-state index in [9.17, 15) is 14.0 Å². The van der Waals surface area contributed by atoms with E-state index in [1.165, 1.54) is 24.3 Å². The number of halogens is 2. The molecule has 29 heavy (non-hydrogen) atoms. The first-order chi connectivity index (χ1) is 13.6. The minimum absolute atomic E-state index is 0. The predicted molar refractivity (Wildman–Crippen MR) is 107 cm³/mol. The van der Waals surface area contributed by atoms with Crippen molar-refractivity contribution in [2.75, 3.05) is 26.2 Å². The average Bonchev–Trinajstić information content (AvgIpc) is 3.20. The summed E-state index contributed by atoms with van der Waals surface area (Å²) in [6.07, 6.45) is 1.50. The second-order valence-corrected chi connectivity index (χ2v) is 6.68. The number of nitrogens with zero attached hydrogens (tertiary/aromatic N) is 1. The van der Waals surface area contributed by atoms with Crippen LogP contribution in [-0.2, 0) is 11.4 Å². The summed E-state index contributed by atoms with van der Waals surface area (Å²) in [4.78, 5) is 26.5. The van der Waals surface area contributed by atoms with E-state index in [4.69, 9.17) is 14.9 Å². The lowest BCUT2D eigenvalue weighted by Crippen LogP contribution is -2.46. The van der Waals surface area contributed by atoms with Crippen molar-refractivity contribution >= 4 is 24.2 Å². The fourth-order valence-corrected chi connectivity index (χ4v) is 3.13. The Labute approximate surface area is 174 Å². The number of ether oxygens (including phenoxy) is 1. The molecule has 9 heteroatoms. The summed E-state index contributed by atoms with van der Waals surface area (Å²) in [6.45, 7) is 1.89. The van der Waals surface area contributed by atoms with Crippen molar-refractivity contribution in [2.24, 2.45) is 11.7 Å². The van der Waals surface area contributed by atoms with Crippen molar-refractivity contribution < 1.29 is 23.1 Å². The number of rotatable bonds is 7. The molecule has 0 spiro atoms. The van der Waals surface area contributed by atoms with E-state index in [1.807, 2.05) is 0 Å². The van der Waals surface area contributed by atoms with E-state index >= 15 is 0 Å². The van der Waals surface area contributed by atoms with Crippen molar-refractivity contribution in [1.29, 1.82) is 0 Å². The molecule has 3 N–H and O–H groups in total. The van der Waals surface area contributed by atoms with Gasteiger partial charge in [0.2, 0.25) is 5.91 Å². The average molecular weight is 426 g/mol. The van der Waals surface area contributed by atoms with Gasteiger partial charge in [0.05, 0.1) is 5.92 Å². The third-order valence-electron chi connectivity index (χ3n) is 4.59. The monoisotopic (exact) mass is 425 g/mol. The van der Waals surface area contributed by atoms with E-state index in [0.29, 0.717) is 37.7 Å². The van der Waals surface area contributed by atoms with Crippen molar-refractivity contribution in [2.45, 2.75) is 19.4 Å². The van der Waals surface area contributed by atoms with Gasteiger partial charge in [-0.15, -0.1) is 12.4 Å². The molecule has 0 bridgehead atoms. The molecule has 7 nitrogen and oxygen atoms in total. The van der Waals surface area contributed by atoms with Crippen LogP contribution in [0.15, 0.2) is 40.8 Å². The Hall–Kier alpha value is -2.58. The topological polar surface area (TPSA) is 97.8 Å². The van der Waals surface area contributed by atoms with Crippen LogP contribution in [0, 0.1) is 11.7 Å². The van der Waals surface area contributed by atoms with Crippen LogP contribution in [0.3, 0.4) is 0 Å². The molecule has 0 saturated carbocycles. The van der Waals surface area contributed by atoms with E-state index in [-0.39, 0.29) is 48.3 Å². The molecule has 0 radical (unpaired) electrons. The summed E-state index contributed by atoms with van der Waals surface area (Å²) in [7, 11) is 0. The second kappa shape index (κ2) is 10.8. The highest BCUT2D eigenvalue weighted by Crippen LogP contribution is 2.21. The van der Waals surface area contributed by atoms with Crippen LogP contribution >= 0.6 is 12.4 Å². The molecule has 2 heterocycles. The van der Waals surface area contributed by atoms with Gasteiger partial charge in [0, 0.05) is 26.2 Å². The number of piperidine rings is 1. The molecule has 1 aliphatic heterocycles. The Morgan fingerprint density at radius 3 is 2.72 bits per heavy atom. The van der Waals surface area contributed by atoms with Gasteiger partial charge in [-0.05, 0) is 49.2 Å². The van der Waals surface area contributed by atoms with Crippen LogP contribution in [0.2, 0.25) is 0 Å². The molecule has 1 aromatic heterocycles. The molecule has 2 aromatic rings. The molecular formula is C20H25ClFN3O4. The summed E-state index contributed by atoms with van der Waals surface area (Å²) in [5.41, 5.74) is 5.41. The maximum Gasteiger partial charge on any atom is 0.289 e. The quantitative estimate of drug-likeness (QED) is 0.709. The first-order valence-corrected chi connectivity index (χ1v) is 9.31. The summed E-state index contributed by atoms with van der Waals surface area (Å²) >= 11 is 0. The van der Waals surface area contributed by atoms with Gasteiger partial charge in [-0.3, -0.25) is 9.59 Å².